The largest absolute Gasteiger partial charge is 0.534 e. The number of methoxy groups -OCH3 is 1. The number of rotatable bonds is 4. The first kappa shape index (κ1) is 18.8. The zero-order valence-electron chi connectivity index (χ0n) is 13.6. The number of alkyl halides is 3. The Kier molecular flexibility index (Phi) is 4.60. The van der Waals surface area contributed by atoms with Crippen molar-refractivity contribution in [1.82, 2.24) is 0 Å². The maximum absolute atomic E-state index is 12.5. The number of hydrogen-bond donors (Lipinski definition) is 0. The SMILES string of the molecule is COc1ccccc1-c1cc(=O)oc2cc(OS(=O)(=O)C(F)(F)F)ccc12. The number of ether oxygens (including phenoxy) is 1. The van der Waals surface area contributed by atoms with Crippen molar-refractivity contribution in [1.29, 1.82) is 0 Å². The maximum atomic E-state index is 12.5. The molecule has 3 aromatic rings. The summed E-state index contributed by atoms with van der Waals surface area (Å²) in [7, 11) is -4.40. The molecular formula is C17H11F3O6S. The molecule has 0 saturated heterocycles. The van der Waals surface area contributed by atoms with E-state index in [1.807, 2.05) is 0 Å². The van der Waals surface area contributed by atoms with Gasteiger partial charge < -0.3 is 13.3 Å². The second-order valence-electron chi connectivity index (χ2n) is 5.32. The van der Waals surface area contributed by atoms with Gasteiger partial charge >= 0.3 is 21.3 Å². The Hall–Kier alpha value is -3.01. The van der Waals surface area contributed by atoms with Crippen molar-refractivity contribution in [3.8, 4) is 22.6 Å². The molecule has 6 nitrogen and oxygen atoms in total. The summed E-state index contributed by atoms with van der Waals surface area (Å²) in [6, 6.07) is 11.2. The van der Waals surface area contributed by atoms with Crippen LogP contribution in [0.5, 0.6) is 11.5 Å². The Balaban J connectivity index is 2.16. The Morgan fingerprint density at radius 3 is 2.37 bits per heavy atom. The first-order chi connectivity index (χ1) is 12.6. The van der Waals surface area contributed by atoms with Crippen molar-refractivity contribution in [2.24, 2.45) is 0 Å². The standard InChI is InChI=1S/C17H11F3O6S/c1-24-14-5-3-2-4-11(14)13-9-16(21)25-15-8-10(6-7-12(13)15)26-27(22,23)17(18,19)20/h2-9H,1H3. The molecule has 0 aliphatic carbocycles. The Labute approximate surface area is 150 Å². The lowest BCUT2D eigenvalue weighted by molar-refractivity contribution is -0.0500. The van der Waals surface area contributed by atoms with Gasteiger partial charge in [-0.05, 0) is 18.2 Å². The second kappa shape index (κ2) is 6.62. The summed E-state index contributed by atoms with van der Waals surface area (Å²) in [6.07, 6.45) is 0. The van der Waals surface area contributed by atoms with Crippen LogP contribution in [0.2, 0.25) is 0 Å². The van der Waals surface area contributed by atoms with E-state index in [4.69, 9.17) is 9.15 Å². The van der Waals surface area contributed by atoms with Gasteiger partial charge in [-0.15, -0.1) is 0 Å². The third kappa shape index (κ3) is 3.61. The van der Waals surface area contributed by atoms with Gasteiger partial charge in [0.25, 0.3) is 0 Å². The number of halogens is 3. The molecule has 0 N–H and O–H groups in total. The zero-order chi connectivity index (χ0) is 19.8. The van der Waals surface area contributed by atoms with Gasteiger partial charge in [0.05, 0.1) is 7.11 Å². The maximum Gasteiger partial charge on any atom is 0.534 e. The molecule has 0 saturated carbocycles. The third-order valence-electron chi connectivity index (χ3n) is 3.60. The van der Waals surface area contributed by atoms with Gasteiger partial charge in [0, 0.05) is 28.6 Å². The van der Waals surface area contributed by atoms with Crippen LogP contribution in [0.15, 0.2) is 57.7 Å². The molecule has 0 fully saturated rings. The summed E-state index contributed by atoms with van der Waals surface area (Å²) >= 11 is 0. The summed E-state index contributed by atoms with van der Waals surface area (Å²) in [4.78, 5) is 11.9. The summed E-state index contributed by atoms with van der Waals surface area (Å²) < 4.78 is 74.0. The van der Waals surface area contributed by atoms with Crippen molar-refractivity contribution in [2.45, 2.75) is 5.51 Å². The van der Waals surface area contributed by atoms with Crippen LogP contribution in [0.4, 0.5) is 13.2 Å². The summed E-state index contributed by atoms with van der Waals surface area (Å²) in [5.74, 6) is -0.176. The van der Waals surface area contributed by atoms with Gasteiger partial charge in [-0.3, -0.25) is 0 Å². The lowest BCUT2D eigenvalue weighted by Gasteiger charge is -2.12. The number of benzene rings is 2. The van der Waals surface area contributed by atoms with Gasteiger partial charge in [-0.25, -0.2) is 4.79 Å². The fourth-order valence-corrected chi connectivity index (χ4v) is 2.91. The van der Waals surface area contributed by atoms with Crippen molar-refractivity contribution < 1.29 is 34.9 Å². The number of para-hydroxylation sites is 1. The molecule has 27 heavy (non-hydrogen) atoms. The third-order valence-corrected chi connectivity index (χ3v) is 4.58. The molecule has 0 amide bonds. The molecule has 142 valence electrons. The normalized spacial score (nSPS) is 12.1. The summed E-state index contributed by atoms with van der Waals surface area (Å²) in [5, 5.41) is 0.357. The van der Waals surface area contributed by atoms with Crippen LogP contribution in [-0.2, 0) is 10.1 Å². The topological polar surface area (TPSA) is 82.8 Å². The number of fused-ring (bicyclic) bond motifs is 1. The first-order valence-corrected chi connectivity index (χ1v) is 8.75. The zero-order valence-corrected chi connectivity index (χ0v) is 14.4. The van der Waals surface area contributed by atoms with Crippen molar-refractivity contribution in [2.75, 3.05) is 7.11 Å². The van der Waals surface area contributed by atoms with E-state index < -0.39 is 27.0 Å². The molecular weight excluding hydrogens is 389 g/mol. The fourth-order valence-electron chi connectivity index (χ4n) is 2.46. The smallest absolute Gasteiger partial charge is 0.496 e. The van der Waals surface area contributed by atoms with E-state index >= 15 is 0 Å². The highest BCUT2D eigenvalue weighted by Gasteiger charge is 2.48. The molecule has 0 bridgehead atoms. The quantitative estimate of drug-likeness (QED) is 0.377. The minimum Gasteiger partial charge on any atom is -0.496 e. The van der Waals surface area contributed by atoms with Gasteiger partial charge in [0.15, 0.2) is 0 Å². The minimum absolute atomic E-state index is 0.140. The molecule has 10 heteroatoms. The number of hydrogen-bond acceptors (Lipinski definition) is 6. The van der Waals surface area contributed by atoms with Crippen LogP contribution in [-0.4, -0.2) is 21.0 Å². The highest BCUT2D eigenvalue weighted by Crippen LogP contribution is 2.35. The van der Waals surface area contributed by atoms with E-state index in [0.29, 0.717) is 22.3 Å². The van der Waals surface area contributed by atoms with Crippen LogP contribution in [0.3, 0.4) is 0 Å². The molecule has 0 aliphatic rings. The lowest BCUT2D eigenvalue weighted by Crippen LogP contribution is -2.28. The van der Waals surface area contributed by atoms with Crippen LogP contribution in [0.25, 0.3) is 22.1 Å². The van der Waals surface area contributed by atoms with Gasteiger partial charge in [-0.1, -0.05) is 18.2 Å². The monoisotopic (exact) mass is 400 g/mol. The van der Waals surface area contributed by atoms with Gasteiger partial charge in [0.2, 0.25) is 0 Å². The predicted molar refractivity (Wildman–Crippen MR) is 90.1 cm³/mol. The summed E-state index contributed by atoms with van der Waals surface area (Å²) in [6.45, 7) is 0. The highest BCUT2D eigenvalue weighted by molar-refractivity contribution is 7.88. The fraction of sp³-hybridized carbons (Fsp3) is 0.118. The molecule has 2 aromatic carbocycles. The molecule has 0 atom stereocenters. The molecule has 0 unspecified atom stereocenters. The highest BCUT2D eigenvalue weighted by atomic mass is 32.2. The van der Waals surface area contributed by atoms with E-state index in [0.717, 1.165) is 12.1 Å². The Morgan fingerprint density at radius 2 is 1.70 bits per heavy atom. The first-order valence-electron chi connectivity index (χ1n) is 7.34. The predicted octanol–water partition coefficient (Wildman–Crippen LogP) is 3.70. The molecule has 1 aromatic heterocycles. The average Bonchev–Trinajstić information content (AvgIpc) is 2.59. The van der Waals surface area contributed by atoms with Crippen LogP contribution in [0.1, 0.15) is 0 Å². The molecule has 3 rings (SSSR count). The molecule has 1 heterocycles. The molecule has 0 radical (unpaired) electrons. The van der Waals surface area contributed by atoms with E-state index in [2.05, 4.69) is 4.18 Å². The summed E-state index contributed by atoms with van der Waals surface area (Å²) in [5.41, 5.74) is -5.54. The van der Waals surface area contributed by atoms with Gasteiger partial charge in [-0.2, -0.15) is 21.6 Å². The van der Waals surface area contributed by atoms with Gasteiger partial charge in [0.1, 0.15) is 17.1 Å². The van der Waals surface area contributed by atoms with Crippen molar-refractivity contribution in [3.63, 3.8) is 0 Å². The molecule has 0 spiro atoms. The second-order valence-corrected chi connectivity index (χ2v) is 6.86. The van der Waals surface area contributed by atoms with E-state index in [1.54, 1.807) is 24.3 Å². The van der Waals surface area contributed by atoms with Crippen LogP contribution in [0, 0.1) is 0 Å². The van der Waals surface area contributed by atoms with E-state index in [-0.39, 0.29) is 5.58 Å². The minimum atomic E-state index is -5.84. The Bertz CT molecular complexity index is 1170. The van der Waals surface area contributed by atoms with Crippen LogP contribution >= 0.6 is 0 Å². The lowest BCUT2D eigenvalue weighted by atomic mass is 10.0. The van der Waals surface area contributed by atoms with Crippen molar-refractivity contribution >= 4 is 21.1 Å². The van der Waals surface area contributed by atoms with E-state index in [9.17, 15) is 26.4 Å². The van der Waals surface area contributed by atoms with Crippen LogP contribution < -0.4 is 14.5 Å². The Morgan fingerprint density at radius 1 is 1.00 bits per heavy atom. The van der Waals surface area contributed by atoms with E-state index in [1.165, 1.54) is 19.2 Å². The molecule has 0 aliphatic heterocycles. The van der Waals surface area contributed by atoms with Crippen molar-refractivity contribution in [3.05, 3.63) is 59.0 Å². The average molecular weight is 400 g/mol.